The summed E-state index contributed by atoms with van der Waals surface area (Å²) in [4.78, 5) is 0. The minimum atomic E-state index is -1.11. The SMILES string of the molecule is CC(Cc1ccccc1)=C(P[Si](C)(C)C)c1ccccc1. The highest BCUT2D eigenvalue weighted by atomic mass is 31.3. The van der Waals surface area contributed by atoms with Crippen LogP contribution < -0.4 is 0 Å². The molecule has 0 nitrogen and oxygen atoms in total. The molecular weight excluding hydrogens is 287 g/mol. The third kappa shape index (κ3) is 5.26. The fraction of sp³-hybridized carbons (Fsp3) is 0.263. The molecule has 2 rings (SSSR count). The average Bonchev–Trinajstić information content (AvgIpc) is 2.46. The van der Waals surface area contributed by atoms with E-state index in [1.807, 2.05) is 0 Å². The van der Waals surface area contributed by atoms with Crippen LogP contribution in [0.5, 0.6) is 0 Å². The van der Waals surface area contributed by atoms with Gasteiger partial charge < -0.3 is 0 Å². The summed E-state index contributed by atoms with van der Waals surface area (Å²) in [5.41, 5.74) is 4.34. The van der Waals surface area contributed by atoms with Gasteiger partial charge in [-0.1, -0.05) is 85.9 Å². The van der Waals surface area contributed by atoms with Gasteiger partial charge in [-0.05, 0) is 29.8 Å². The Morgan fingerprint density at radius 2 is 1.38 bits per heavy atom. The third-order valence-corrected chi connectivity index (χ3v) is 8.02. The van der Waals surface area contributed by atoms with Crippen LogP contribution in [0.4, 0.5) is 0 Å². The van der Waals surface area contributed by atoms with Gasteiger partial charge in [-0.3, -0.25) is 0 Å². The first kappa shape index (κ1) is 16.2. The van der Waals surface area contributed by atoms with Gasteiger partial charge in [0.05, 0.1) is 7.74 Å². The quantitative estimate of drug-likeness (QED) is 0.457. The lowest BCUT2D eigenvalue weighted by atomic mass is 10.0. The van der Waals surface area contributed by atoms with Crippen molar-refractivity contribution >= 4 is 21.2 Å². The van der Waals surface area contributed by atoms with E-state index in [4.69, 9.17) is 0 Å². The van der Waals surface area contributed by atoms with E-state index in [1.54, 1.807) is 5.31 Å². The number of benzene rings is 2. The molecule has 0 spiro atoms. The Bertz CT molecular complexity index is 594. The van der Waals surface area contributed by atoms with Crippen molar-refractivity contribution in [3.8, 4) is 0 Å². The largest absolute Gasteiger partial charge is 0.102 e. The lowest BCUT2D eigenvalue weighted by Gasteiger charge is -2.21. The molecule has 0 saturated heterocycles. The number of hydrogen-bond donors (Lipinski definition) is 0. The summed E-state index contributed by atoms with van der Waals surface area (Å²) < 4.78 is 0. The van der Waals surface area contributed by atoms with Crippen molar-refractivity contribution < 1.29 is 0 Å². The highest BCUT2D eigenvalue weighted by Gasteiger charge is 2.18. The summed E-state index contributed by atoms with van der Waals surface area (Å²) in [7, 11) is -0.152. The van der Waals surface area contributed by atoms with Crippen LogP contribution >= 0.6 is 8.13 Å². The maximum Gasteiger partial charge on any atom is 0.0737 e. The zero-order valence-electron chi connectivity index (χ0n) is 13.5. The van der Waals surface area contributed by atoms with E-state index < -0.39 is 7.74 Å². The Kier molecular flexibility index (Phi) is 5.55. The molecule has 21 heavy (non-hydrogen) atoms. The zero-order chi connectivity index (χ0) is 15.3. The Balaban J connectivity index is 2.35. The molecule has 1 unspecified atom stereocenters. The fourth-order valence-electron chi connectivity index (χ4n) is 2.40. The summed E-state index contributed by atoms with van der Waals surface area (Å²) in [5, 5.41) is 1.58. The normalized spacial score (nSPS) is 13.5. The van der Waals surface area contributed by atoms with E-state index in [9.17, 15) is 0 Å². The zero-order valence-corrected chi connectivity index (χ0v) is 15.5. The van der Waals surface area contributed by atoms with E-state index >= 15 is 0 Å². The first-order valence-electron chi connectivity index (χ1n) is 7.53. The Labute approximate surface area is 132 Å². The van der Waals surface area contributed by atoms with Gasteiger partial charge >= 0.3 is 0 Å². The highest BCUT2D eigenvalue weighted by molar-refractivity contribution is 7.88. The molecule has 0 aliphatic rings. The minimum absolute atomic E-state index is 0.961. The molecule has 0 N–H and O–H groups in total. The monoisotopic (exact) mass is 312 g/mol. The third-order valence-electron chi connectivity index (χ3n) is 3.30. The van der Waals surface area contributed by atoms with Gasteiger partial charge in [0.1, 0.15) is 0 Å². The number of rotatable bonds is 5. The lowest BCUT2D eigenvalue weighted by Crippen LogP contribution is -2.12. The standard InChI is InChI=1S/C19H25PSi/c1-16(15-17-11-7-5-8-12-17)19(20-21(2,3)4)18-13-9-6-10-14-18/h5-14,20H,15H2,1-4H3. The van der Waals surface area contributed by atoms with Crippen LogP contribution in [0.3, 0.4) is 0 Å². The molecule has 0 bridgehead atoms. The first-order chi connectivity index (χ1) is 9.96. The molecule has 0 aromatic heterocycles. The molecule has 0 amide bonds. The Morgan fingerprint density at radius 3 is 1.90 bits per heavy atom. The van der Waals surface area contributed by atoms with E-state index in [1.165, 1.54) is 16.7 Å². The van der Waals surface area contributed by atoms with Crippen molar-refractivity contribution in [1.29, 1.82) is 0 Å². The van der Waals surface area contributed by atoms with Crippen molar-refractivity contribution in [2.75, 3.05) is 0 Å². The van der Waals surface area contributed by atoms with Crippen molar-refractivity contribution in [2.45, 2.75) is 33.0 Å². The molecule has 1 atom stereocenters. The topological polar surface area (TPSA) is 0 Å². The second-order valence-corrected chi connectivity index (χ2v) is 17.1. The van der Waals surface area contributed by atoms with Crippen molar-refractivity contribution in [2.24, 2.45) is 0 Å². The summed E-state index contributed by atoms with van der Waals surface area (Å²) in [6.07, 6.45) is 1.06. The number of allylic oxidation sites excluding steroid dienone is 1. The molecular formula is C19H25PSi. The van der Waals surface area contributed by atoms with Gasteiger partial charge in [0.25, 0.3) is 0 Å². The van der Waals surface area contributed by atoms with Crippen LogP contribution in [0.1, 0.15) is 18.1 Å². The average molecular weight is 312 g/mol. The van der Waals surface area contributed by atoms with Crippen LogP contribution in [0.15, 0.2) is 66.2 Å². The van der Waals surface area contributed by atoms with Crippen molar-refractivity contribution in [3.63, 3.8) is 0 Å². The maximum absolute atomic E-state index is 2.46. The highest BCUT2D eigenvalue weighted by Crippen LogP contribution is 2.43. The first-order valence-corrected chi connectivity index (χ1v) is 13.0. The van der Waals surface area contributed by atoms with Gasteiger partial charge in [-0.15, -0.1) is 8.13 Å². The molecule has 110 valence electrons. The molecule has 0 saturated carbocycles. The molecule has 0 aliphatic heterocycles. The van der Waals surface area contributed by atoms with E-state index in [0.29, 0.717) is 0 Å². The second kappa shape index (κ2) is 7.20. The van der Waals surface area contributed by atoms with Crippen LogP contribution in [0, 0.1) is 0 Å². The summed E-state index contributed by atoms with van der Waals surface area (Å²) >= 11 is 0. The summed E-state index contributed by atoms with van der Waals surface area (Å²) in [6, 6.07) is 21.7. The molecule has 2 aromatic rings. The predicted octanol–water partition coefficient (Wildman–Crippen LogP) is 6.17. The van der Waals surface area contributed by atoms with Crippen LogP contribution in [-0.2, 0) is 6.42 Å². The molecule has 2 heteroatoms. The van der Waals surface area contributed by atoms with Gasteiger partial charge in [0, 0.05) is 0 Å². The van der Waals surface area contributed by atoms with E-state index in [2.05, 4.69) is 87.2 Å². The Hall–Kier alpha value is -1.17. The molecule has 2 aromatic carbocycles. The fourth-order valence-corrected chi connectivity index (χ4v) is 7.08. The maximum atomic E-state index is 2.46. The van der Waals surface area contributed by atoms with E-state index in [-0.39, 0.29) is 0 Å². The van der Waals surface area contributed by atoms with Crippen LogP contribution in [0.2, 0.25) is 19.6 Å². The predicted molar refractivity (Wildman–Crippen MR) is 101 cm³/mol. The number of hydrogen-bond acceptors (Lipinski definition) is 0. The summed E-state index contributed by atoms with van der Waals surface area (Å²) in [5.74, 6) is 0. The van der Waals surface area contributed by atoms with Gasteiger partial charge in [-0.2, -0.15) is 0 Å². The molecule has 0 heterocycles. The van der Waals surface area contributed by atoms with Gasteiger partial charge in [0.15, 0.2) is 0 Å². The van der Waals surface area contributed by atoms with Crippen molar-refractivity contribution in [1.82, 2.24) is 0 Å². The van der Waals surface area contributed by atoms with Gasteiger partial charge in [-0.25, -0.2) is 0 Å². The second-order valence-electron chi connectivity index (χ2n) is 6.56. The molecule has 0 fully saturated rings. The van der Waals surface area contributed by atoms with E-state index in [0.717, 1.165) is 14.5 Å². The minimum Gasteiger partial charge on any atom is -0.102 e. The van der Waals surface area contributed by atoms with Gasteiger partial charge in [0.2, 0.25) is 0 Å². The summed E-state index contributed by atoms with van der Waals surface area (Å²) in [6.45, 7) is 9.70. The van der Waals surface area contributed by atoms with Crippen molar-refractivity contribution in [3.05, 3.63) is 77.4 Å². The smallest absolute Gasteiger partial charge is 0.0737 e. The van der Waals surface area contributed by atoms with Crippen LogP contribution in [-0.4, -0.2) is 7.74 Å². The van der Waals surface area contributed by atoms with Crippen LogP contribution in [0.25, 0.3) is 5.31 Å². The Morgan fingerprint density at radius 1 is 0.857 bits per heavy atom. The molecule has 0 aliphatic carbocycles. The molecule has 0 radical (unpaired) electrons. The lowest BCUT2D eigenvalue weighted by molar-refractivity contribution is 1.15.